The number of nitro benzene ring substituents is 1. The van der Waals surface area contributed by atoms with Gasteiger partial charge in [-0.1, -0.05) is 25.1 Å². The third-order valence-corrected chi connectivity index (χ3v) is 4.79. The Morgan fingerprint density at radius 2 is 1.92 bits per heavy atom. The van der Waals surface area contributed by atoms with Crippen molar-refractivity contribution in [3.05, 3.63) is 81.2 Å². The first-order valence-electron chi connectivity index (χ1n) is 7.81. The highest BCUT2D eigenvalue weighted by molar-refractivity contribution is 7.13. The molecule has 0 aliphatic carbocycles. The van der Waals surface area contributed by atoms with Gasteiger partial charge in [-0.15, -0.1) is 11.3 Å². The van der Waals surface area contributed by atoms with Gasteiger partial charge in [-0.2, -0.15) is 0 Å². The van der Waals surface area contributed by atoms with Gasteiger partial charge in [0.2, 0.25) is 0 Å². The van der Waals surface area contributed by atoms with E-state index in [1.54, 1.807) is 24.3 Å². The van der Waals surface area contributed by atoms with Crippen molar-refractivity contribution in [2.24, 2.45) is 0 Å². The summed E-state index contributed by atoms with van der Waals surface area (Å²) in [6.07, 6.45) is 0.885. The van der Waals surface area contributed by atoms with Crippen LogP contribution in [0.15, 0.2) is 60.0 Å². The first kappa shape index (κ1) is 16.9. The highest BCUT2D eigenvalue weighted by atomic mass is 32.1. The molecule has 0 atom stereocenters. The van der Waals surface area contributed by atoms with E-state index in [0.717, 1.165) is 22.4 Å². The van der Waals surface area contributed by atoms with E-state index in [4.69, 9.17) is 0 Å². The van der Waals surface area contributed by atoms with Crippen LogP contribution in [0.5, 0.6) is 0 Å². The molecule has 2 aromatic carbocycles. The highest BCUT2D eigenvalue weighted by Gasteiger charge is 2.18. The van der Waals surface area contributed by atoms with Crippen molar-refractivity contribution >= 4 is 28.6 Å². The zero-order chi connectivity index (χ0) is 17.8. The number of hydrogen-bond donors (Lipinski definition) is 1. The molecule has 0 aliphatic heterocycles. The van der Waals surface area contributed by atoms with Crippen LogP contribution in [0.25, 0.3) is 10.4 Å². The highest BCUT2D eigenvalue weighted by Crippen LogP contribution is 2.32. The van der Waals surface area contributed by atoms with Gasteiger partial charge in [-0.25, -0.2) is 0 Å². The van der Waals surface area contributed by atoms with Crippen LogP contribution in [0.4, 0.5) is 11.4 Å². The lowest BCUT2D eigenvalue weighted by atomic mass is 10.1. The van der Waals surface area contributed by atoms with Crippen LogP contribution in [0.2, 0.25) is 0 Å². The summed E-state index contributed by atoms with van der Waals surface area (Å²) in [5.41, 5.74) is 2.49. The molecule has 3 rings (SSSR count). The number of thiophene rings is 1. The molecule has 6 heteroatoms. The molecule has 0 saturated heterocycles. The van der Waals surface area contributed by atoms with Gasteiger partial charge in [0.25, 0.3) is 11.6 Å². The number of nitrogens with one attached hydrogen (secondary N) is 1. The third kappa shape index (κ3) is 3.75. The van der Waals surface area contributed by atoms with E-state index >= 15 is 0 Å². The summed E-state index contributed by atoms with van der Waals surface area (Å²) in [7, 11) is 0. The van der Waals surface area contributed by atoms with Crippen LogP contribution >= 0.6 is 11.3 Å². The normalized spacial score (nSPS) is 10.4. The first-order chi connectivity index (χ1) is 12.1. The molecule has 0 aliphatic rings. The Bertz CT molecular complexity index is 903. The molecule has 0 unspecified atom stereocenters. The summed E-state index contributed by atoms with van der Waals surface area (Å²) in [6, 6.07) is 15.8. The number of nitro groups is 1. The van der Waals surface area contributed by atoms with Crippen LogP contribution < -0.4 is 5.32 Å². The second kappa shape index (κ2) is 7.27. The fraction of sp³-hybridized carbons (Fsp3) is 0.105. The molecule has 1 N–H and O–H groups in total. The molecule has 0 saturated carbocycles. The maximum atomic E-state index is 12.5. The number of anilines is 1. The molecule has 126 valence electrons. The molecule has 0 radical (unpaired) electrons. The quantitative estimate of drug-likeness (QED) is 0.510. The number of nitrogens with zero attached hydrogens (tertiary/aromatic N) is 1. The van der Waals surface area contributed by atoms with Crippen LogP contribution in [-0.2, 0) is 6.42 Å². The molecular weight excluding hydrogens is 336 g/mol. The van der Waals surface area contributed by atoms with Crippen molar-refractivity contribution in [3.8, 4) is 10.4 Å². The van der Waals surface area contributed by atoms with Gasteiger partial charge in [0.1, 0.15) is 5.69 Å². The van der Waals surface area contributed by atoms with Gasteiger partial charge >= 0.3 is 0 Å². The third-order valence-electron chi connectivity index (χ3n) is 3.87. The van der Waals surface area contributed by atoms with Crippen molar-refractivity contribution in [2.45, 2.75) is 13.3 Å². The number of aryl methyl sites for hydroxylation is 1. The smallest absolute Gasteiger partial charge is 0.292 e. The van der Waals surface area contributed by atoms with Gasteiger partial charge in [0.05, 0.1) is 4.92 Å². The number of rotatable bonds is 5. The Labute approximate surface area is 149 Å². The fourth-order valence-corrected chi connectivity index (χ4v) is 3.20. The Hall–Kier alpha value is -2.99. The minimum absolute atomic E-state index is 0.126. The summed E-state index contributed by atoms with van der Waals surface area (Å²) in [5.74, 6) is -0.367. The molecule has 3 aromatic rings. The van der Waals surface area contributed by atoms with Gasteiger partial charge in [-0.05, 0) is 53.3 Å². The molecular formula is C19H16N2O3S. The van der Waals surface area contributed by atoms with Gasteiger partial charge < -0.3 is 5.32 Å². The van der Waals surface area contributed by atoms with Crippen molar-refractivity contribution in [1.29, 1.82) is 0 Å². The SMILES string of the molecule is CCc1ccc(C(=O)Nc2cc(-c3cccs3)ccc2[N+](=O)[O-])cc1. The first-order valence-corrected chi connectivity index (χ1v) is 8.69. The topological polar surface area (TPSA) is 72.2 Å². The van der Waals surface area contributed by atoms with Crippen molar-refractivity contribution in [1.82, 2.24) is 0 Å². The van der Waals surface area contributed by atoms with Crippen LogP contribution in [-0.4, -0.2) is 10.8 Å². The van der Waals surface area contributed by atoms with E-state index in [-0.39, 0.29) is 17.3 Å². The van der Waals surface area contributed by atoms with E-state index in [1.807, 2.05) is 36.6 Å². The molecule has 0 spiro atoms. The summed E-state index contributed by atoms with van der Waals surface area (Å²) < 4.78 is 0. The van der Waals surface area contributed by atoms with Crippen LogP contribution in [0, 0.1) is 10.1 Å². The van der Waals surface area contributed by atoms with E-state index in [9.17, 15) is 14.9 Å². The second-order valence-corrected chi connectivity index (χ2v) is 6.42. The zero-order valence-electron chi connectivity index (χ0n) is 13.6. The molecule has 1 amide bonds. The number of carbonyl (C=O) groups is 1. The zero-order valence-corrected chi connectivity index (χ0v) is 14.4. The van der Waals surface area contributed by atoms with E-state index < -0.39 is 4.92 Å². The van der Waals surface area contributed by atoms with Crippen molar-refractivity contribution in [2.75, 3.05) is 5.32 Å². The molecule has 25 heavy (non-hydrogen) atoms. The van der Waals surface area contributed by atoms with Crippen LogP contribution in [0.1, 0.15) is 22.8 Å². The molecule has 5 nitrogen and oxygen atoms in total. The average Bonchev–Trinajstić information content (AvgIpc) is 3.16. The van der Waals surface area contributed by atoms with Gasteiger partial charge in [0, 0.05) is 16.5 Å². The Morgan fingerprint density at radius 1 is 1.16 bits per heavy atom. The summed E-state index contributed by atoms with van der Waals surface area (Å²) in [5, 5.41) is 15.9. The summed E-state index contributed by atoms with van der Waals surface area (Å²) >= 11 is 1.54. The van der Waals surface area contributed by atoms with Gasteiger partial charge in [0.15, 0.2) is 0 Å². The minimum atomic E-state index is -0.492. The van der Waals surface area contributed by atoms with Crippen molar-refractivity contribution < 1.29 is 9.72 Å². The second-order valence-electron chi connectivity index (χ2n) is 5.47. The number of hydrogen-bond acceptors (Lipinski definition) is 4. The minimum Gasteiger partial charge on any atom is -0.316 e. The average molecular weight is 352 g/mol. The predicted molar refractivity (Wildman–Crippen MR) is 100 cm³/mol. The lowest BCUT2D eigenvalue weighted by Crippen LogP contribution is -2.13. The number of carbonyl (C=O) groups excluding carboxylic acids is 1. The molecule has 1 aromatic heterocycles. The van der Waals surface area contributed by atoms with Gasteiger partial charge in [-0.3, -0.25) is 14.9 Å². The fourth-order valence-electron chi connectivity index (χ4n) is 2.48. The van der Waals surface area contributed by atoms with Crippen LogP contribution in [0.3, 0.4) is 0 Å². The standard InChI is InChI=1S/C19H16N2O3S/c1-2-13-5-7-14(8-6-13)19(22)20-16-12-15(18-4-3-11-25-18)9-10-17(16)21(23)24/h3-12H,2H2,1H3,(H,20,22). The summed E-state index contributed by atoms with van der Waals surface area (Å²) in [6.45, 7) is 2.04. The van der Waals surface area contributed by atoms with E-state index in [2.05, 4.69) is 5.32 Å². The number of benzene rings is 2. The predicted octanol–water partition coefficient (Wildman–Crippen LogP) is 5.14. The Balaban J connectivity index is 1.92. The monoisotopic (exact) mass is 352 g/mol. The molecule has 0 fully saturated rings. The Morgan fingerprint density at radius 3 is 2.52 bits per heavy atom. The molecule has 1 heterocycles. The van der Waals surface area contributed by atoms with E-state index in [1.165, 1.54) is 17.4 Å². The lowest BCUT2D eigenvalue weighted by molar-refractivity contribution is -0.383. The largest absolute Gasteiger partial charge is 0.316 e. The maximum Gasteiger partial charge on any atom is 0.292 e. The van der Waals surface area contributed by atoms with E-state index in [0.29, 0.717) is 5.56 Å². The number of amides is 1. The maximum absolute atomic E-state index is 12.5. The van der Waals surface area contributed by atoms with Crippen molar-refractivity contribution in [3.63, 3.8) is 0 Å². The Kier molecular flexibility index (Phi) is 4.90. The molecule has 0 bridgehead atoms. The lowest BCUT2D eigenvalue weighted by Gasteiger charge is -2.08. The summed E-state index contributed by atoms with van der Waals surface area (Å²) in [4.78, 5) is 24.2.